The van der Waals surface area contributed by atoms with E-state index in [4.69, 9.17) is 4.74 Å². The van der Waals surface area contributed by atoms with Gasteiger partial charge in [-0.05, 0) is 33.9 Å². The standard InChI is InChI=1S/C24H21NO3/c1-15(2)16-7-9-18(10-8-16)23-22-20-6-4-3-5-17(20)11-12-21(22)28-24(25-23)19(13-26)14-27/h3-15,23,25H,1-2H3. The zero-order chi connectivity index (χ0) is 19.7. The van der Waals surface area contributed by atoms with E-state index in [1.807, 2.05) is 24.3 Å². The smallest absolute Gasteiger partial charge is 0.208 e. The van der Waals surface area contributed by atoms with Gasteiger partial charge in [0.15, 0.2) is 12.6 Å². The Bertz CT molecular complexity index is 1070. The number of carbonyl (C=O) groups is 2. The Morgan fingerprint density at radius 3 is 2.36 bits per heavy atom. The van der Waals surface area contributed by atoms with E-state index in [2.05, 4.69) is 55.6 Å². The molecule has 0 radical (unpaired) electrons. The molecule has 3 aromatic carbocycles. The molecule has 0 aromatic heterocycles. The van der Waals surface area contributed by atoms with Crippen molar-refractivity contribution in [2.75, 3.05) is 0 Å². The van der Waals surface area contributed by atoms with Crippen molar-refractivity contribution in [3.63, 3.8) is 0 Å². The molecule has 4 heteroatoms. The quantitative estimate of drug-likeness (QED) is 0.314. The maximum Gasteiger partial charge on any atom is 0.208 e. The highest BCUT2D eigenvalue weighted by Gasteiger charge is 2.29. The third-order valence-corrected chi connectivity index (χ3v) is 5.16. The molecule has 0 bridgehead atoms. The zero-order valence-electron chi connectivity index (χ0n) is 15.8. The Morgan fingerprint density at radius 2 is 1.68 bits per heavy atom. The van der Waals surface area contributed by atoms with Crippen LogP contribution in [0.5, 0.6) is 5.75 Å². The monoisotopic (exact) mass is 371 g/mol. The van der Waals surface area contributed by atoms with Crippen LogP contribution in [0, 0.1) is 0 Å². The molecular formula is C24H21NO3. The van der Waals surface area contributed by atoms with Crippen LogP contribution in [0.15, 0.2) is 72.1 Å². The van der Waals surface area contributed by atoms with Gasteiger partial charge in [0.1, 0.15) is 11.3 Å². The molecule has 0 spiro atoms. The number of aldehydes is 2. The first kappa shape index (κ1) is 18.0. The lowest BCUT2D eigenvalue weighted by Gasteiger charge is -2.31. The van der Waals surface area contributed by atoms with E-state index in [0.29, 0.717) is 24.2 Å². The minimum absolute atomic E-state index is 0.0393. The second-order valence-corrected chi connectivity index (χ2v) is 7.22. The normalized spacial score (nSPS) is 15.5. The largest absolute Gasteiger partial charge is 0.440 e. The van der Waals surface area contributed by atoms with Crippen molar-refractivity contribution in [2.45, 2.75) is 25.8 Å². The predicted octanol–water partition coefficient (Wildman–Crippen LogP) is 4.64. The van der Waals surface area contributed by atoms with Crippen molar-refractivity contribution in [2.24, 2.45) is 0 Å². The molecule has 1 atom stereocenters. The maximum atomic E-state index is 11.3. The Morgan fingerprint density at radius 1 is 0.964 bits per heavy atom. The van der Waals surface area contributed by atoms with E-state index >= 15 is 0 Å². The molecule has 3 aromatic rings. The van der Waals surface area contributed by atoms with Gasteiger partial charge in [0.05, 0.1) is 6.04 Å². The molecule has 28 heavy (non-hydrogen) atoms. The van der Waals surface area contributed by atoms with Crippen LogP contribution >= 0.6 is 0 Å². The van der Waals surface area contributed by atoms with Crippen LogP contribution in [0.4, 0.5) is 0 Å². The van der Waals surface area contributed by atoms with Crippen LogP contribution in [0.3, 0.4) is 0 Å². The van der Waals surface area contributed by atoms with Gasteiger partial charge < -0.3 is 10.1 Å². The Kier molecular flexibility index (Phi) is 4.70. The summed E-state index contributed by atoms with van der Waals surface area (Å²) in [5.74, 6) is 1.27. The first-order chi connectivity index (χ1) is 13.6. The first-order valence-corrected chi connectivity index (χ1v) is 9.33. The van der Waals surface area contributed by atoms with Gasteiger partial charge in [0, 0.05) is 5.56 Å². The third-order valence-electron chi connectivity index (χ3n) is 5.16. The van der Waals surface area contributed by atoms with Crippen molar-refractivity contribution in [3.05, 3.63) is 88.8 Å². The van der Waals surface area contributed by atoms with Crippen molar-refractivity contribution < 1.29 is 14.3 Å². The van der Waals surface area contributed by atoms with Crippen molar-refractivity contribution in [1.29, 1.82) is 0 Å². The molecule has 0 amide bonds. The fourth-order valence-corrected chi connectivity index (χ4v) is 3.61. The Hall–Kier alpha value is -3.40. The summed E-state index contributed by atoms with van der Waals surface area (Å²) in [5.41, 5.74) is 3.25. The average molecular weight is 371 g/mol. The van der Waals surface area contributed by atoms with Crippen LogP contribution in [-0.4, -0.2) is 12.6 Å². The number of allylic oxidation sites excluding steroid dienone is 1. The number of hydrogen-bond donors (Lipinski definition) is 1. The average Bonchev–Trinajstić information content (AvgIpc) is 2.74. The van der Waals surface area contributed by atoms with Gasteiger partial charge in [0.2, 0.25) is 5.88 Å². The van der Waals surface area contributed by atoms with Gasteiger partial charge in [-0.2, -0.15) is 0 Å². The molecule has 0 saturated heterocycles. The lowest BCUT2D eigenvalue weighted by Crippen LogP contribution is -2.32. The van der Waals surface area contributed by atoms with Crippen molar-refractivity contribution in [1.82, 2.24) is 5.32 Å². The Balaban J connectivity index is 1.93. The topological polar surface area (TPSA) is 55.4 Å². The van der Waals surface area contributed by atoms with Crippen molar-refractivity contribution in [3.8, 4) is 5.75 Å². The number of hydrogen-bond acceptors (Lipinski definition) is 4. The van der Waals surface area contributed by atoms with E-state index in [1.54, 1.807) is 0 Å². The number of rotatable bonds is 4. The van der Waals surface area contributed by atoms with E-state index in [1.165, 1.54) is 5.56 Å². The summed E-state index contributed by atoms with van der Waals surface area (Å²) in [6.45, 7) is 4.32. The van der Waals surface area contributed by atoms with Gasteiger partial charge in [-0.15, -0.1) is 0 Å². The van der Waals surface area contributed by atoms with E-state index in [9.17, 15) is 9.59 Å². The summed E-state index contributed by atoms with van der Waals surface area (Å²) in [5, 5.41) is 5.44. The highest BCUT2D eigenvalue weighted by molar-refractivity contribution is 6.00. The van der Waals surface area contributed by atoms with Gasteiger partial charge >= 0.3 is 0 Å². The summed E-state index contributed by atoms with van der Waals surface area (Å²) in [4.78, 5) is 22.6. The van der Waals surface area contributed by atoms with Crippen LogP contribution in [-0.2, 0) is 9.59 Å². The van der Waals surface area contributed by atoms with E-state index in [-0.39, 0.29) is 17.5 Å². The summed E-state index contributed by atoms with van der Waals surface area (Å²) in [7, 11) is 0. The first-order valence-electron chi connectivity index (χ1n) is 9.33. The van der Waals surface area contributed by atoms with Crippen LogP contribution < -0.4 is 10.1 Å². The summed E-state index contributed by atoms with van der Waals surface area (Å²) in [6, 6.07) is 20.2. The summed E-state index contributed by atoms with van der Waals surface area (Å²) < 4.78 is 5.90. The lowest BCUT2D eigenvalue weighted by atomic mass is 9.90. The number of nitrogens with one attached hydrogen (secondary N) is 1. The number of carbonyl (C=O) groups excluding carboxylic acids is 2. The van der Waals surface area contributed by atoms with Crippen molar-refractivity contribution >= 4 is 23.3 Å². The lowest BCUT2D eigenvalue weighted by molar-refractivity contribution is -0.110. The molecule has 0 aliphatic carbocycles. The van der Waals surface area contributed by atoms with Crippen LogP contribution in [0.2, 0.25) is 0 Å². The summed E-state index contributed by atoms with van der Waals surface area (Å²) in [6.07, 6.45) is 1.03. The molecule has 1 aliphatic heterocycles. The molecule has 1 N–H and O–H groups in total. The highest BCUT2D eigenvalue weighted by Crippen LogP contribution is 2.41. The van der Waals surface area contributed by atoms with E-state index in [0.717, 1.165) is 21.9 Å². The fourth-order valence-electron chi connectivity index (χ4n) is 3.61. The minimum Gasteiger partial charge on any atom is -0.440 e. The molecular weight excluding hydrogens is 350 g/mol. The molecule has 4 nitrogen and oxygen atoms in total. The SMILES string of the molecule is CC(C)c1ccc(C2NC(=C(C=O)C=O)Oc3ccc4ccccc4c32)cc1. The van der Waals surface area contributed by atoms with Crippen LogP contribution in [0.25, 0.3) is 10.8 Å². The van der Waals surface area contributed by atoms with Gasteiger partial charge in [-0.3, -0.25) is 9.59 Å². The molecule has 0 saturated carbocycles. The molecule has 1 unspecified atom stereocenters. The van der Waals surface area contributed by atoms with Gasteiger partial charge in [0.25, 0.3) is 0 Å². The molecule has 4 rings (SSSR count). The highest BCUT2D eigenvalue weighted by atomic mass is 16.5. The van der Waals surface area contributed by atoms with Gasteiger partial charge in [-0.25, -0.2) is 0 Å². The van der Waals surface area contributed by atoms with Gasteiger partial charge in [-0.1, -0.05) is 68.4 Å². The molecule has 1 heterocycles. The number of benzene rings is 3. The number of fused-ring (bicyclic) bond motifs is 3. The minimum atomic E-state index is -0.235. The zero-order valence-corrected chi connectivity index (χ0v) is 15.8. The molecule has 1 aliphatic rings. The molecule has 0 fully saturated rings. The van der Waals surface area contributed by atoms with E-state index < -0.39 is 0 Å². The second-order valence-electron chi connectivity index (χ2n) is 7.22. The maximum absolute atomic E-state index is 11.3. The van der Waals surface area contributed by atoms with Crippen LogP contribution in [0.1, 0.15) is 42.5 Å². The third kappa shape index (κ3) is 3.07. The Labute approximate surface area is 163 Å². The summed E-state index contributed by atoms with van der Waals surface area (Å²) >= 11 is 0. The predicted molar refractivity (Wildman–Crippen MR) is 109 cm³/mol. The fraction of sp³-hybridized carbons (Fsp3) is 0.167. The number of ether oxygens (including phenoxy) is 1. The molecule has 140 valence electrons. The second kappa shape index (κ2) is 7.31.